The highest BCUT2D eigenvalue weighted by molar-refractivity contribution is 6.25. The van der Waals surface area contributed by atoms with E-state index < -0.39 is 0 Å². The number of aryl methyl sites for hydroxylation is 1. The van der Waals surface area contributed by atoms with Crippen LogP contribution in [-0.2, 0) is 0 Å². The highest BCUT2D eigenvalue weighted by Crippen LogP contribution is 2.39. The molecule has 8 nitrogen and oxygen atoms in total. The Bertz CT molecular complexity index is 1540. The first kappa shape index (κ1) is 25.8. The average molecular weight is 525 g/mol. The first-order chi connectivity index (χ1) is 18.9. The number of ether oxygens (including phenoxy) is 3. The zero-order valence-electron chi connectivity index (χ0n) is 22.2. The summed E-state index contributed by atoms with van der Waals surface area (Å²) in [6.07, 6.45) is 0. The molecule has 0 atom stereocenters. The van der Waals surface area contributed by atoms with Gasteiger partial charge in [-0.15, -0.1) is 0 Å². The molecule has 0 saturated carbocycles. The van der Waals surface area contributed by atoms with Gasteiger partial charge in [-0.05, 0) is 54.3 Å². The van der Waals surface area contributed by atoms with Crippen LogP contribution >= 0.6 is 0 Å². The van der Waals surface area contributed by atoms with Gasteiger partial charge in [-0.25, -0.2) is 0 Å². The van der Waals surface area contributed by atoms with Crippen LogP contribution in [0.25, 0.3) is 10.8 Å². The molecule has 1 aliphatic heterocycles. The van der Waals surface area contributed by atoms with Gasteiger partial charge in [0.25, 0.3) is 17.7 Å². The van der Waals surface area contributed by atoms with Gasteiger partial charge < -0.3 is 19.1 Å². The van der Waals surface area contributed by atoms with Crippen LogP contribution < -0.4 is 19.1 Å². The van der Waals surface area contributed by atoms with Crippen LogP contribution in [0.15, 0.2) is 72.8 Å². The number of amides is 3. The number of nitrogens with zero attached hydrogens (tertiary/aromatic N) is 2. The maximum Gasteiger partial charge on any atom is 0.261 e. The second-order valence-electron chi connectivity index (χ2n) is 9.18. The standard InChI is InChI=1S/C31H28N2O6/c1-19-8-5-11-22(16-19)32(29(34)21-17-25(37-2)28(39-4)26(18-21)38-3)14-15-33-30(35)23-12-6-9-20-10-7-13-24(27(20)23)31(33)36/h5-13,16-18H,14-15H2,1-4H3. The Hall–Kier alpha value is -4.85. The molecule has 0 fully saturated rings. The quantitative estimate of drug-likeness (QED) is 0.298. The molecule has 4 aromatic carbocycles. The monoisotopic (exact) mass is 524 g/mol. The normalized spacial score (nSPS) is 12.5. The zero-order chi connectivity index (χ0) is 27.7. The van der Waals surface area contributed by atoms with E-state index in [9.17, 15) is 14.4 Å². The fourth-order valence-corrected chi connectivity index (χ4v) is 4.99. The smallest absolute Gasteiger partial charge is 0.261 e. The van der Waals surface area contributed by atoms with Crippen LogP contribution in [-0.4, -0.2) is 57.0 Å². The molecule has 1 aliphatic rings. The second kappa shape index (κ2) is 10.5. The van der Waals surface area contributed by atoms with Crippen LogP contribution in [0, 0.1) is 6.92 Å². The third kappa shape index (κ3) is 4.54. The minimum Gasteiger partial charge on any atom is -0.493 e. The third-order valence-corrected chi connectivity index (χ3v) is 6.87. The van der Waals surface area contributed by atoms with E-state index in [0.717, 1.165) is 10.9 Å². The maximum absolute atomic E-state index is 14.0. The van der Waals surface area contributed by atoms with E-state index in [-0.39, 0.29) is 30.8 Å². The molecule has 4 aromatic rings. The van der Waals surface area contributed by atoms with Crippen LogP contribution in [0.1, 0.15) is 36.6 Å². The minimum atomic E-state index is -0.381. The predicted molar refractivity (Wildman–Crippen MR) is 148 cm³/mol. The van der Waals surface area contributed by atoms with Crippen molar-refractivity contribution >= 4 is 34.2 Å². The molecule has 198 valence electrons. The highest BCUT2D eigenvalue weighted by Gasteiger charge is 2.33. The first-order valence-corrected chi connectivity index (χ1v) is 12.4. The summed E-state index contributed by atoms with van der Waals surface area (Å²) in [5.74, 6) is -0.0521. The summed E-state index contributed by atoms with van der Waals surface area (Å²) in [6.45, 7) is 2.02. The summed E-state index contributed by atoms with van der Waals surface area (Å²) in [5.41, 5.74) is 2.84. The van der Waals surface area contributed by atoms with Gasteiger partial charge in [-0.1, -0.05) is 36.4 Å². The van der Waals surface area contributed by atoms with Crippen molar-refractivity contribution in [1.29, 1.82) is 0 Å². The molecule has 0 aliphatic carbocycles. The summed E-state index contributed by atoms with van der Waals surface area (Å²) in [5, 5.41) is 1.50. The maximum atomic E-state index is 14.0. The fourth-order valence-electron chi connectivity index (χ4n) is 4.99. The number of methoxy groups -OCH3 is 3. The lowest BCUT2D eigenvalue weighted by Gasteiger charge is -2.30. The van der Waals surface area contributed by atoms with Crippen molar-refractivity contribution in [2.75, 3.05) is 39.3 Å². The van der Waals surface area contributed by atoms with Crippen LogP contribution in [0.3, 0.4) is 0 Å². The van der Waals surface area contributed by atoms with Gasteiger partial charge in [0, 0.05) is 40.9 Å². The Balaban J connectivity index is 1.51. The highest BCUT2D eigenvalue weighted by atomic mass is 16.5. The fraction of sp³-hybridized carbons (Fsp3) is 0.194. The summed E-state index contributed by atoms with van der Waals surface area (Å²) < 4.78 is 16.3. The van der Waals surface area contributed by atoms with Gasteiger partial charge in [0.2, 0.25) is 5.75 Å². The number of carbonyl (C=O) groups is 3. The van der Waals surface area contributed by atoms with Crippen molar-refractivity contribution in [3.05, 3.63) is 95.1 Å². The lowest BCUT2D eigenvalue weighted by atomic mass is 9.94. The minimum absolute atomic E-state index is 0.00644. The molecule has 0 unspecified atom stereocenters. The van der Waals surface area contributed by atoms with E-state index in [1.807, 2.05) is 43.3 Å². The van der Waals surface area contributed by atoms with Crippen molar-refractivity contribution < 1.29 is 28.6 Å². The number of anilines is 1. The second-order valence-corrected chi connectivity index (χ2v) is 9.18. The molecular formula is C31H28N2O6. The predicted octanol–water partition coefficient (Wildman–Crippen LogP) is 5.12. The lowest BCUT2D eigenvalue weighted by Crippen LogP contribution is -2.46. The number of hydrogen-bond acceptors (Lipinski definition) is 6. The lowest BCUT2D eigenvalue weighted by molar-refractivity contribution is 0.0611. The van der Waals surface area contributed by atoms with Crippen molar-refractivity contribution in [1.82, 2.24) is 4.90 Å². The molecule has 8 heteroatoms. The Morgan fingerprint density at radius 2 is 1.38 bits per heavy atom. The summed E-state index contributed by atoms with van der Waals surface area (Å²) in [6, 6.07) is 21.5. The van der Waals surface area contributed by atoms with Gasteiger partial charge in [-0.3, -0.25) is 19.3 Å². The molecule has 39 heavy (non-hydrogen) atoms. The van der Waals surface area contributed by atoms with Crippen molar-refractivity contribution in [3.63, 3.8) is 0 Å². The molecule has 0 saturated heterocycles. The van der Waals surface area contributed by atoms with Crippen LogP contribution in [0.4, 0.5) is 5.69 Å². The molecule has 0 spiro atoms. The summed E-state index contributed by atoms with van der Waals surface area (Å²) in [7, 11) is 4.46. The Kier molecular flexibility index (Phi) is 6.94. The molecule has 1 heterocycles. The summed E-state index contributed by atoms with van der Waals surface area (Å²) in [4.78, 5) is 43.6. The van der Waals surface area contributed by atoms with Gasteiger partial charge in [-0.2, -0.15) is 0 Å². The molecule has 0 aromatic heterocycles. The number of benzene rings is 4. The van der Waals surface area contributed by atoms with E-state index in [1.165, 1.54) is 26.2 Å². The third-order valence-electron chi connectivity index (χ3n) is 6.87. The van der Waals surface area contributed by atoms with E-state index in [1.54, 1.807) is 41.3 Å². The van der Waals surface area contributed by atoms with E-state index in [4.69, 9.17) is 14.2 Å². The molecule has 0 N–H and O–H groups in total. The van der Waals surface area contributed by atoms with E-state index in [0.29, 0.717) is 45.0 Å². The van der Waals surface area contributed by atoms with Crippen molar-refractivity contribution in [2.45, 2.75) is 6.92 Å². The number of carbonyl (C=O) groups excluding carboxylic acids is 3. The Morgan fingerprint density at radius 1 is 0.795 bits per heavy atom. The Morgan fingerprint density at radius 3 is 1.92 bits per heavy atom. The van der Waals surface area contributed by atoms with Crippen LogP contribution in [0.2, 0.25) is 0 Å². The molecule has 0 radical (unpaired) electrons. The van der Waals surface area contributed by atoms with Gasteiger partial charge >= 0.3 is 0 Å². The largest absolute Gasteiger partial charge is 0.493 e. The SMILES string of the molecule is COc1cc(C(=O)N(CCN2C(=O)c3cccc4cccc(c34)C2=O)c2cccc(C)c2)cc(OC)c1OC. The Labute approximate surface area is 226 Å². The first-order valence-electron chi connectivity index (χ1n) is 12.4. The number of imide groups is 1. The van der Waals surface area contributed by atoms with Gasteiger partial charge in [0.15, 0.2) is 11.5 Å². The molecule has 3 amide bonds. The molecule has 5 rings (SSSR count). The zero-order valence-corrected chi connectivity index (χ0v) is 22.2. The van der Waals surface area contributed by atoms with Crippen LogP contribution in [0.5, 0.6) is 17.2 Å². The van der Waals surface area contributed by atoms with E-state index in [2.05, 4.69) is 0 Å². The van der Waals surface area contributed by atoms with E-state index >= 15 is 0 Å². The number of rotatable bonds is 8. The van der Waals surface area contributed by atoms with Gasteiger partial charge in [0.05, 0.1) is 21.3 Å². The molecular weight excluding hydrogens is 496 g/mol. The summed E-state index contributed by atoms with van der Waals surface area (Å²) >= 11 is 0. The average Bonchev–Trinajstić information content (AvgIpc) is 2.96. The molecule has 0 bridgehead atoms. The number of hydrogen-bond donors (Lipinski definition) is 0. The topological polar surface area (TPSA) is 85.4 Å². The van der Waals surface area contributed by atoms with Gasteiger partial charge in [0.1, 0.15) is 0 Å². The van der Waals surface area contributed by atoms with Crippen molar-refractivity contribution in [3.8, 4) is 17.2 Å². The van der Waals surface area contributed by atoms with Crippen molar-refractivity contribution in [2.24, 2.45) is 0 Å².